The lowest BCUT2D eigenvalue weighted by atomic mass is 9.88. The number of alkyl halides is 2. The highest BCUT2D eigenvalue weighted by molar-refractivity contribution is 7.92. The molecule has 0 unspecified atom stereocenters. The SMILES string of the molecule is CC[C@](N[S@](=O)C(C)(C)C)(c1ccccc1)C(F)(F)S(=O)(=O)c1ccccc1. The molecule has 0 amide bonds. The first-order chi connectivity index (χ1) is 12.9. The van der Waals surface area contributed by atoms with Crippen molar-refractivity contribution in [3.05, 3.63) is 66.2 Å². The van der Waals surface area contributed by atoms with Gasteiger partial charge in [0.25, 0.3) is 0 Å². The zero-order valence-electron chi connectivity index (χ0n) is 16.3. The van der Waals surface area contributed by atoms with Gasteiger partial charge in [-0.25, -0.2) is 17.3 Å². The number of hydrogen-bond donors (Lipinski definition) is 1. The van der Waals surface area contributed by atoms with Crippen molar-refractivity contribution >= 4 is 20.8 Å². The third-order valence-electron chi connectivity index (χ3n) is 4.51. The summed E-state index contributed by atoms with van der Waals surface area (Å²) >= 11 is 0. The molecule has 8 heteroatoms. The first kappa shape index (κ1) is 22.6. The molecule has 0 saturated heterocycles. The van der Waals surface area contributed by atoms with Gasteiger partial charge >= 0.3 is 5.25 Å². The normalized spacial score (nSPS) is 16.4. The molecule has 28 heavy (non-hydrogen) atoms. The Labute approximate surface area is 167 Å². The van der Waals surface area contributed by atoms with Gasteiger partial charge in [-0.1, -0.05) is 55.5 Å². The first-order valence-electron chi connectivity index (χ1n) is 8.83. The van der Waals surface area contributed by atoms with Crippen LogP contribution in [0.15, 0.2) is 65.6 Å². The van der Waals surface area contributed by atoms with Gasteiger partial charge in [-0.15, -0.1) is 0 Å². The van der Waals surface area contributed by atoms with Crippen LogP contribution >= 0.6 is 0 Å². The molecule has 4 nitrogen and oxygen atoms in total. The second-order valence-corrected chi connectivity index (χ2v) is 11.4. The summed E-state index contributed by atoms with van der Waals surface area (Å²) in [5.41, 5.74) is -2.32. The van der Waals surface area contributed by atoms with Gasteiger partial charge in [0.05, 0.1) is 20.6 Å². The lowest BCUT2D eigenvalue weighted by Gasteiger charge is -2.41. The molecule has 0 bridgehead atoms. The zero-order chi connectivity index (χ0) is 21.2. The van der Waals surface area contributed by atoms with E-state index in [2.05, 4.69) is 4.72 Å². The largest absolute Gasteiger partial charge is 0.372 e. The van der Waals surface area contributed by atoms with Gasteiger partial charge in [-0.05, 0) is 44.9 Å². The van der Waals surface area contributed by atoms with Crippen LogP contribution in [0.2, 0.25) is 0 Å². The summed E-state index contributed by atoms with van der Waals surface area (Å²) in [5.74, 6) is 0. The van der Waals surface area contributed by atoms with Crippen LogP contribution in [0, 0.1) is 0 Å². The molecule has 2 aromatic rings. The van der Waals surface area contributed by atoms with Crippen molar-refractivity contribution in [1.29, 1.82) is 0 Å². The Bertz CT molecular complexity index is 927. The van der Waals surface area contributed by atoms with Crippen molar-refractivity contribution in [3.8, 4) is 0 Å². The molecule has 2 rings (SSSR count). The summed E-state index contributed by atoms with van der Waals surface area (Å²) in [6.07, 6.45) is -0.294. The number of halogens is 2. The van der Waals surface area contributed by atoms with Crippen LogP contribution < -0.4 is 4.72 Å². The van der Waals surface area contributed by atoms with E-state index in [0.29, 0.717) is 0 Å². The van der Waals surface area contributed by atoms with E-state index in [1.54, 1.807) is 45.0 Å². The van der Waals surface area contributed by atoms with Gasteiger partial charge in [0.15, 0.2) is 0 Å². The van der Waals surface area contributed by atoms with Gasteiger partial charge in [0, 0.05) is 0 Å². The highest BCUT2D eigenvalue weighted by atomic mass is 32.2. The van der Waals surface area contributed by atoms with Gasteiger partial charge in [0.2, 0.25) is 9.84 Å². The predicted octanol–water partition coefficient (Wildman–Crippen LogP) is 4.41. The molecule has 0 saturated carbocycles. The van der Waals surface area contributed by atoms with E-state index < -0.39 is 41.3 Å². The minimum absolute atomic E-state index is 0.0552. The molecule has 0 aliphatic carbocycles. The summed E-state index contributed by atoms with van der Waals surface area (Å²) < 4.78 is 72.1. The van der Waals surface area contributed by atoms with E-state index in [-0.39, 0.29) is 12.0 Å². The van der Waals surface area contributed by atoms with Gasteiger partial charge < -0.3 is 0 Å². The Kier molecular flexibility index (Phi) is 6.47. The molecule has 0 aromatic heterocycles. The van der Waals surface area contributed by atoms with E-state index in [1.807, 2.05) is 0 Å². The third kappa shape index (κ3) is 3.90. The summed E-state index contributed by atoms with van der Waals surface area (Å²) in [5, 5.41) is -4.27. The van der Waals surface area contributed by atoms with E-state index in [4.69, 9.17) is 0 Å². The molecule has 0 aliphatic heterocycles. The molecular weight excluding hydrogens is 404 g/mol. The predicted molar refractivity (Wildman–Crippen MR) is 108 cm³/mol. The first-order valence-corrected chi connectivity index (χ1v) is 11.5. The Morgan fingerprint density at radius 1 is 0.929 bits per heavy atom. The van der Waals surface area contributed by atoms with Crippen molar-refractivity contribution in [2.24, 2.45) is 0 Å². The minimum Gasteiger partial charge on any atom is -0.242 e. The number of hydrogen-bond acceptors (Lipinski definition) is 3. The van der Waals surface area contributed by atoms with Crippen LogP contribution in [0.3, 0.4) is 0 Å². The van der Waals surface area contributed by atoms with Crippen molar-refractivity contribution in [3.63, 3.8) is 0 Å². The molecular formula is C20H25F2NO3S2. The van der Waals surface area contributed by atoms with E-state index >= 15 is 8.78 Å². The molecule has 1 N–H and O–H groups in total. The maximum Gasteiger partial charge on any atom is 0.372 e. The third-order valence-corrected chi connectivity index (χ3v) is 8.07. The van der Waals surface area contributed by atoms with E-state index in [0.717, 1.165) is 12.1 Å². The lowest BCUT2D eigenvalue weighted by molar-refractivity contribution is -0.00804. The molecule has 2 atom stereocenters. The number of sulfone groups is 1. The number of rotatable bonds is 7. The second-order valence-electron chi connectivity index (χ2n) is 7.44. The van der Waals surface area contributed by atoms with Crippen molar-refractivity contribution in [1.82, 2.24) is 4.72 Å². The van der Waals surface area contributed by atoms with Crippen LogP contribution in [0.1, 0.15) is 39.7 Å². The molecule has 0 aliphatic rings. The zero-order valence-corrected chi connectivity index (χ0v) is 17.9. The fourth-order valence-corrected chi connectivity index (χ4v) is 5.44. The van der Waals surface area contributed by atoms with Crippen LogP contribution in [0.25, 0.3) is 0 Å². The number of nitrogens with one attached hydrogen (secondary N) is 1. The molecule has 2 aromatic carbocycles. The highest BCUT2D eigenvalue weighted by Gasteiger charge is 2.64. The number of benzene rings is 2. The topological polar surface area (TPSA) is 63.2 Å². The van der Waals surface area contributed by atoms with Crippen LogP contribution in [0.4, 0.5) is 8.78 Å². The quantitative estimate of drug-likeness (QED) is 0.709. The van der Waals surface area contributed by atoms with Crippen LogP contribution in [-0.4, -0.2) is 22.6 Å². The average molecular weight is 430 g/mol. The lowest BCUT2D eigenvalue weighted by Crippen LogP contribution is -2.61. The molecule has 154 valence electrons. The van der Waals surface area contributed by atoms with Gasteiger partial charge in [-0.2, -0.15) is 8.78 Å². The Morgan fingerprint density at radius 3 is 1.82 bits per heavy atom. The maximum absolute atomic E-state index is 15.9. The van der Waals surface area contributed by atoms with Crippen molar-refractivity contribution in [2.75, 3.05) is 0 Å². The maximum atomic E-state index is 15.9. The molecule has 0 heterocycles. The van der Waals surface area contributed by atoms with Gasteiger partial charge in [-0.3, -0.25) is 0 Å². The highest BCUT2D eigenvalue weighted by Crippen LogP contribution is 2.47. The summed E-state index contributed by atoms with van der Waals surface area (Å²) in [4.78, 5) is -0.489. The molecule has 0 fully saturated rings. The fourth-order valence-electron chi connectivity index (χ4n) is 2.78. The van der Waals surface area contributed by atoms with Crippen LogP contribution in [-0.2, 0) is 26.4 Å². The molecule has 0 spiro atoms. The summed E-state index contributed by atoms with van der Waals surface area (Å²) in [7, 11) is -7.02. The van der Waals surface area contributed by atoms with Crippen molar-refractivity contribution in [2.45, 2.75) is 54.6 Å². The summed E-state index contributed by atoms with van der Waals surface area (Å²) in [6.45, 7) is 6.34. The summed E-state index contributed by atoms with van der Waals surface area (Å²) in [6, 6.07) is 14.2. The van der Waals surface area contributed by atoms with Gasteiger partial charge in [0.1, 0.15) is 5.54 Å². The van der Waals surface area contributed by atoms with E-state index in [1.165, 1.54) is 31.2 Å². The fraction of sp³-hybridized carbons (Fsp3) is 0.400. The Morgan fingerprint density at radius 2 is 1.39 bits per heavy atom. The Balaban J connectivity index is 2.75. The minimum atomic E-state index is -5.08. The van der Waals surface area contributed by atoms with Crippen LogP contribution in [0.5, 0.6) is 0 Å². The Hall–Kier alpha value is -1.64. The monoisotopic (exact) mass is 429 g/mol. The smallest absolute Gasteiger partial charge is 0.242 e. The average Bonchev–Trinajstić information content (AvgIpc) is 2.66. The standard InChI is InChI=1S/C20H25F2NO3S2/c1-5-19(16-12-8-6-9-13-16,23-27(24)18(2,3)4)20(21,22)28(25,26)17-14-10-7-11-15-17/h6-15,23H,5H2,1-4H3/t19-,27+/m0/s1. The molecule has 0 radical (unpaired) electrons. The van der Waals surface area contributed by atoms with E-state index in [9.17, 15) is 12.6 Å². The van der Waals surface area contributed by atoms with Crippen molar-refractivity contribution < 1.29 is 21.4 Å². The second kappa shape index (κ2) is 8.00.